The maximum atomic E-state index is 5.03. The Hall–Kier alpha value is -0.666. The molecular weight excluding hydrogens is 471 g/mol. The van der Waals surface area contributed by atoms with Gasteiger partial charge in [0, 0.05) is 0 Å². The van der Waals surface area contributed by atoms with E-state index in [4.69, 9.17) is 10.6 Å². The predicted molar refractivity (Wildman–Crippen MR) is 130 cm³/mol. The van der Waals surface area contributed by atoms with Gasteiger partial charge < -0.3 is 35.4 Å². The van der Waals surface area contributed by atoms with E-state index in [9.17, 15) is 0 Å². The van der Waals surface area contributed by atoms with Crippen molar-refractivity contribution in [2.45, 2.75) is 85.5 Å². The molecule has 0 bridgehead atoms. The van der Waals surface area contributed by atoms with Crippen molar-refractivity contribution < 1.29 is 46.5 Å². The SMILES string of the molecule is CC(C)c1cccc(C(C)C)c1[N-]CCC[N-]c1c(C(C)C)cccc1C(C)C.[Cl-].[Cl-].[Ti+4]. The van der Waals surface area contributed by atoms with E-state index >= 15 is 0 Å². The molecule has 2 nitrogen and oxygen atoms in total. The van der Waals surface area contributed by atoms with Crippen molar-refractivity contribution >= 4 is 11.4 Å². The molecule has 0 spiro atoms. The van der Waals surface area contributed by atoms with E-state index in [-0.39, 0.29) is 46.5 Å². The molecule has 0 amide bonds. The molecule has 0 radical (unpaired) electrons. The topological polar surface area (TPSA) is 28.2 Å². The number of rotatable bonds is 10. The van der Waals surface area contributed by atoms with E-state index in [0.717, 1.165) is 19.5 Å². The van der Waals surface area contributed by atoms with Crippen LogP contribution in [0.5, 0.6) is 0 Å². The molecule has 176 valence electrons. The summed E-state index contributed by atoms with van der Waals surface area (Å²) in [5.41, 5.74) is 7.87. The van der Waals surface area contributed by atoms with Gasteiger partial charge >= 0.3 is 21.7 Å². The summed E-state index contributed by atoms with van der Waals surface area (Å²) in [6.45, 7) is 19.7. The molecule has 0 N–H and O–H groups in total. The van der Waals surface area contributed by atoms with E-state index in [1.54, 1.807) is 0 Å². The third-order valence-electron chi connectivity index (χ3n) is 5.54. The second-order valence-corrected chi connectivity index (χ2v) is 9.31. The molecule has 32 heavy (non-hydrogen) atoms. The van der Waals surface area contributed by atoms with Gasteiger partial charge in [-0.05, 0) is 23.7 Å². The predicted octanol–water partition coefficient (Wildman–Crippen LogP) is 3.29. The standard InChI is InChI=1S/C27H40N2.2ClH.Ti/c1-18(2)22-12-9-13-23(19(3)4)26(22)28-16-11-17-29-27-24(20(5)6)14-10-15-25(27)21(7)8;;;/h9-10,12-15,18-21H,11,16-17H2,1-8H3;2*1H;/q-2;;;+4/p-2. The summed E-state index contributed by atoms with van der Waals surface area (Å²) < 4.78 is 0. The normalized spacial score (nSPS) is 10.6. The monoisotopic (exact) mass is 510 g/mol. The Morgan fingerprint density at radius 2 is 0.781 bits per heavy atom. The van der Waals surface area contributed by atoms with Crippen molar-refractivity contribution in [3.05, 3.63) is 69.3 Å². The molecule has 0 saturated carbocycles. The molecule has 0 heterocycles. The first-order valence-corrected chi connectivity index (χ1v) is 11.3. The average Bonchev–Trinajstić information content (AvgIpc) is 2.66. The van der Waals surface area contributed by atoms with Crippen LogP contribution in [0.3, 0.4) is 0 Å². The fourth-order valence-corrected chi connectivity index (χ4v) is 3.84. The Bertz CT molecular complexity index is 671. The molecule has 0 aliphatic rings. The molecule has 0 unspecified atom stereocenters. The molecule has 2 aromatic carbocycles. The quantitative estimate of drug-likeness (QED) is 0.346. The summed E-state index contributed by atoms with van der Waals surface area (Å²) in [5.74, 6) is 1.96. The van der Waals surface area contributed by atoms with Gasteiger partial charge in [-0.3, -0.25) is 0 Å². The van der Waals surface area contributed by atoms with Gasteiger partial charge in [-0.1, -0.05) is 120 Å². The summed E-state index contributed by atoms with van der Waals surface area (Å²) in [7, 11) is 0. The van der Waals surface area contributed by atoms with Crippen LogP contribution >= 0.6 is 0 Å². The van der Waals surface area contributed by atoms with Gasteiger partial charge in [-0.15, -0.1) is 24.5 Å². The van der Waals surface area contributed by atoms with Gasteiger partial charge in [0.25, 0.3) is 0 Å². The summed E-state index contributed by atoms with van der Waals surface area (Å²) in [5, 5.41) is 10.1. The number of hydrogen-bond donors (Lipinski definition) is 0. The van der Waals surface area contributed by atoms with E-state index in [1.807, 2.05) is 0 Å². The van der Waals surface area contributed by atoms with E-state index in [1.165, 1.54) is 33.6 Å². The first kappa shape index (κ1) is 33.5. The fraction of sp³-hybridized carbons (Fsp3) is 0.556. The van der Waals surface area contributed by atoms with Gasteiger partial charge in [0.2, 0.25) is 0 Å². The van der Waals surface area contributed by atoms with E-state index < -0.39 is 0 Å². The first-order chi connectivity index (χ1) is 13.7. The Balaban J connectivity index is 0. The molecule has 0 aromatic heterocycles. The molecule has 0 fully saturated rings. The van der Waals surface area contributed by atoms with Gasteiger partial charge in [0.1, 0.15) is 0 Å². The van der Waals surface area contributed by atoms with Crippen LogP contribution in [-0.4, -0.2) is 13.1 Å². The van der Waals surface area contributed by atoms with Gasteiger partial charge in [0.15, 0.2) is 0 Å². The average molecular weight is 511 g/mol. The third-order valence-corrected chi connectivity index (χ3v) is 5.54. The Kier molecular flexibility index (Phi) is 16.8. The van der Waals surface area contributed by atoms with Crippen molar-refractivity contribution in [3.8, 4) is 0 Å². The number of hydrogen-bond acceptors (Lipinski definition) is 0. The molecular formula is C27H40Cl2N2Ti. The number of halogens is 2. The Morgan fingerprint density at radius 3 is 1.00 bits per heavy atom. The van der Waals surface area contributed by atoms with Gasteiger partial charge in [-0.2, -0.15) is 0 Å². The zero-order chi connectivity index (χ0) is 21.6. The zero-order valence-electron chi connectivity index (χ0n) is 21.0. The van der Waals surface area contributed by atoms with E-state index in [0.29, 0.717) is 23.7 Å². The number of benzene rings is 2. The smallest absolute Gasteiger partial charge is 1.00 e. The summed E-state index contributed by atoms with van der Waals surface area (Å²) in [4.78, 5) is 0. The van der Waals surface area contributed by atoms with E-state index in [2.05, 4.69) is 91.8 Å². The second kappa shape index (κ2) is 16.0. The van der Waals surface area contributed by atoms with Crippen LogP contribution in [0.4, 0.5) is 11.4 Å². The van der Waals surface area contributed by atoms with Crippen LogP contribution in [0.2, 0.25) is 0 Å². The zero-order valence-corrected chi connectivity index (χ0v) is 24.1. The van der Waals surface area contributed by atoms with Crippen molar-refractivity contribution in [2.24, 2.45) is 0 Å². The van der Waals surface area contributed by atoms with Gasteiger partial charge in [0.05, 0.1) is 0 Å². The van der Waals surface area contributed by atoms with Crippen LogP contribution in [0.25, 0.3) is 10.6 Å². The molecule has 2 aromatic rings. The maximum Gasteiger partial charge on any atom is 4.00 e. The minimum Gasteiger partial charge on any atom is -1.00 e. The molecule has 0 aliphatic heterocycles. The summed E-state index contributed by atoms with van der Waals surface area (Å²) in [6, 6.07) is 13.3. The van der Waals surface area contributed by atoms with Crippen LogP contribution in [0.15, 0.2) is 36.4 Å². The molecule has 5 heteroatoms. The number of nitrogens with zero attached hydrogens (tertiary/aromatic N) is 2. The van der Waals surface area contributed by atoms with Gasteiger partial charge in [-0.25, -0.2) is 0 Å². The molecule has 0 aliphatic carbocycles. The van der Waals surface area contributed by atoms with Crippen molar-refractivity contribution in [1.29, 1.82) is 0 Å². The van der Waals surface area contributed by atoms with Crippen molar-refractivity contribution in [1.82, 2.24) is 0 Å². The van der Waals surface area contributed by atoms with Crippen LogP contribution < -0.4 is 24.8 Å². The van der Waals surface area contributed by atoms with Crippen LogP contribution in [0, 0.1) is 0 Å². The Labute approximate surface area is 224 Å². The maximum absolute atomic E-state index is 5.03. The largest absolute Gasteiger partial charge is 4.00 e. The molecule has 0 atom stereocenters. The Morgan fingerprint density at radius 1 is 0.531 bits per heavy atom. The summed E-state index contributed by atoms with van der Waals surface area (Å²) in [6.07, 6.45) is 0.980. The third kappa shape index (κ3) is 8.94. The minimum absolute atomic E-state index is 0. The fourth-order valence-electron chi connectivity index (χ4n) is 3.84. The van der Waals surface area contributed by atoms with Crippen molar-refractivity contribution in [2.75, 3.05) is 13.1 Å². The second-order valence-electron chi connectivity index (χ2n) is 9.31. The van der Waals surface area contributed by atoms with Crippen LogP contribution in [-0.2, 0) is 21.7 Å². The first-order valence-electron chi connectivity index (χ1n) is 11.3. The summed E-state index contributed by atoms with van der Waals surface area (Å²) >= 11 is 0. The van der Waals surface area contributed by atoms with Crippen LogP contribution in [0.1, 0.15) is 108 Å². The molecule has 0 saturated heterocycles. The molecule has 2 rings (SSSR count). The number of para-hydroxylation sites is 2. The van der Waals surface area contributed by atoms with Crippen molar-refractivity contribution in [3.63, 3.8) is 0 Å². The minimum atomic E-state index is 0.